The SMILES string of the molecule is CC(C)N1CC2CC1C[OH+]2. The Balaban J connectivity index is 2.02. The molecule has 10 heavy (non-hydrogen) atoms. The van der Waals surface area contributed by atoms with Crippen molar-refractivity contribution in [3.63, 3.8) is 0 Å². The van der Waals surface area contributed by atoms with Crippen molar-refractivity contribution in [1.29, 1.82) is 0 Å². The van der Waals surface area contributed by atoms with Gasteiger partial charge in [0.15, 0.2) is 12.7 Å². The lowest BCUT2D eigenvalue weighted by Gasteiger charge is -2.27. The molecule has 2 unspecified atom stereocenters. The van der Waals surface area contributed by atoms with Crippen molar-refractivity contribution in [2.75, 3.05) is 13.2 Å². The van der Waals surface area contributed by atoms with Gasteiger partial charge in [0.2, 0.25) is 0 Å². The van der Waals surface area contributed by atoms with Gasteiger partial charge in [0.05, 0.1) is 12.6 Å². The standard InChI is InChI=1S/C8H15NO/c1-6(2)9-4-8-3-7(9)5-10-8/h6-8H,3-5H2,1-2H3/p+1. The highest BCUT2D eigenvalue weighted by molar-refractivity contribution is 4.91. The van der Waals surface area contributed by atoms with Crippen molar-refractivity contribution >= 4 is 0 Å². The van der Waals surface area contributed by atoms with Gasteiger partial charge in [-0.1, -0.05) is 0 Å². The van der Waals surface area contributed by atoms with Gasteiger partial charge in [0.25, 0.3) is 0 Å². The van der Waals surface area contributed by atoms with Gasteiger partial charge in [-0.3, -0.25) is 4.90 Å². The number of ether oxygens (including phenoxy) is 1. The molecule has 1 N–H and O–H groups in total. The summed E-state index contributed by atoms with van der Waals surface area (Å²) in [5.74, 6) is 0. The Morgan fingerprint density at radius 1 is 1.50 bits per heavy atom. The predicted molar refractivity (Wildman–Crippen MR) is 41.1 cm³/mol. The van der Waals surface area contributed by atoms with E-state index in [0.717, 1.165) is 18.7 Å². The van der Waals surface area contributed by atoms with E-state index in [1.165, 1.54) is 13.0 Å². The molecule has 0 spiro atoms. The van der Waals surface area contributed by atoms with Crippen LogP contribution in [0.3, 0.4) is 0 Å². The average Bonchev–Trinajstić information content (AvgIpc) is 2.44. The first-order valence-electron chi connectivity index (χ1n) is 4.19. The van der Waals surface area contributed by atoms with Gasteiger partial charge in [-0.05, 0) is 13.8 Å². The smallest absolute Gasteiger partial charge is 0.169 e. The van der Waals surface area contributed by atoms with E-state index in [0.29, 0.717) is 6.10 Å². The van der Waals surface area contributed by atoms with Crippen molar-refractivity contribution in [2.24, 2.45) is 0 Å². The molecule has 58 valence electrons. The second-order valence-corrected chi connectivity index (χ2v) is 3.70. The molecule has 2 bridgehead atoms. The third kappa shape index (κ3) is 0.867. The number of hydrogen-bond donors (Lipinski definition) is 0. The van der Waals surface area contributed by atoms with Gasteiger partial charge in [-0.25, -0.2) is 0 Å². The van der Waals surface area contributed by atoms with Crippen LogP contribution in [0, 0.1) is 0 Å². The van der Waals surface area contributed by atoms with Crippen molar-refractivity contribution in [3.05, 3.63) is 0 Å². The molecular formula is C8H16NO+. The van der Waals surface area contributed by atoms with E-state index in [9.17, 15) is 0 Å². The molecule has 2 heterocycles. The highest BCUT2D eigenvalue weighted by Crippen LogP contribution is 2.27. The first-order chi connectivity index (χ1) is 4.77. The molecule has 0 aromatic rings. The van der Waals surface area contributed by atoms with Crippen molar-refractivity contribution in [1.82, 2.24) is 4.90 Å². The topological polar surface area (TPSA) is 16.0 Å². The highest BCUT2D eigenvalue weighted by atomic mass is 16.5. The lowest BCUT2D eigenvalue weighted by Crippen LogP contribution is -2.42. The molecular weight excluding hydrogens is 126 g/mol. The zero-order valence-corrected chi connectivity index (χ0v) is 6.75. The molecule has 0 aromatic carbocycles. The second-order valence-electron chi connectivity index (χ2n) is 3.70. The zero-order valence-electron chi connectivity index (χ0n) is 6.75. The number of rotatable bonds is 1. The van der Waals surface area contributed by atoms with Crippen LogP contribution in [-0.4, -0.2) is 41.0 Å². The number of fused-ring (bicyclic) bond motifs is 2. The number of aliphatic hydroxyl groups is 2. The second kappa shape index (κ2) is 2.21. The lowest BCUT2D eigenvalue weighted by molar-refractivity contribution is -0.108. The van der Waals surface area contributed by atoms with E-state index >= 15 is 0 Å². The summed E-state index contributed by atoms with van der Waals surface area (Å²) in [6.07, 6.45) is 2.02. The molecule has 2 aliphatic rings. The largest absolute Gasteiger partial charge is 0.429 e. The Labute approximate surface area is 62.2 Å². The van der Waals surface area contributed by atoms with E-state index in [-0.39, 0.29) is 0 Å². The summed E-state index contributed by atoms with van der Waals surface area (Å²) in [6.45, 7) is 6.88. The van der Waals surface area contributed by atoms with E-state index in [1.807, 2.05) is 0 Å². The Morgan fingerprint density at radius 3 is 2.60 bits per heavy atom. The molecule has 2 fully saturated rings. The minimum Gasteiger partial charge on any atom is -0.429 e. The average molecular weight is 142 g/mol. The van der Waals surface area contributed by atoms with Crippen LogP contribution in [0.15, 0.2) is 0 Å². The van der Waals surface area contributed by atoms with Crippen molar-refractivity contribution < 1.29 is 4.74 Å². The maximum absolute atomic E-state index is 4.49. The molecule has 2 saturated heterocycles. The van der Waals surface area contributed by atoms with Crippen LogP contribution < -0.4 is 0 Å². The van der Waals surface area contributed by atoms with Gasteiger partial charge < -0.3 is 4.74 Å². The molecule has 2 nitrogen and oxygen atoms in total. The Morgan fingerprint density at radius 2 is 2.30 bits per heavy atom. The third-order valence-electron chi connectivity index (χ3n) is 2.67. The first kappa shape index (κ1) is 6.62. The Bertz CT molecular complexity index is 135. The van der Waals surface area contributed by atoms with Gasteiger partial charge >= 0.3 is 0 Å². The zero-order chi connectivity index (χ0) is 7.14. The van der Waals surface area contributed by atoms with Crippen LogP contribution in [0.5, 0.6) is 0 Å². The molecule has 0 aliphatic carbocycles. The minimum atomic E-state index is 0.687. The summed E-state index contributed by atoms with van der Waals surface area (Å²) in [5.41, 5.74) is 0. The summed E-state index contributed by atoms with van der Waals surface area (Å²) in [4.78, 5) is 2.58. The minimum absolute atomic E-state index is 0.687. The fraction of sp³-hybridized carbons (Fsp3) is 1.00. The van der Waals surface area contributed by atoms with Crippen LogP contribution in [0.1, 0.15) is 20.3 Å². The van der Waals surface area contributed by atoms with Crippen LogP contribution in [0.4, 0.5) is 0 Å². The maximum Gasteiger partial charge on any atom is 0.169 e. The lowest BCUT2D eigenvalue weighted by atomic mass is 10.2. The van der Waals surface area contributed by atoms with Crippen molar-refractivity contribution in [3.8, 4) is 0 Å². The molecule has 0 aromatic heterocycles. The summed E-state index contributed by atoms with van der Waals surface area (Å²) >= 11 is 0. The summed E-state index contributed by atoms with van der Waals surface area (Å²) < 4.78 is 4.49. The van der Waals surface area contributed by atoms with Crippen LogP contribution in [0.25, 0.3) is 0 Å². The highest BCUT2D eigenvalue weighted by Gasteiger charge is 2.44. The Hall–Kier alpha value is -0.0800. The number of nitrogens with zero attached hydrogens (tertiary/aromatic N) is 1. The van der Waals surface area contributed by atoms with Gasteiger partial charge in [-0.15, -0.1) is 0 Å². The quantitative estimate of drug-likeness (QED) is 0.483. The van der Waals surface area contributed by atoms with Gasteiger partial charge in [0.1, 0.15) is 0 Å². The monoisotopic (exact) mass is 142 g/mol. The number of likely N-dealkylation sites (tertiary alicyclic amines) is 1. The fourth-order valence-electron chi connectivity index (χ4n) is 2.13. The molecule has 2 atom stereocenters. The molecule has 0 saturated carbocycles. The van der Waals surface area contributed by atoms with E-state index in [2.05, 4.69) is 23.5 Å². The van der Waals surface area contributed by atoms with Gasteiger partial charge in [-0.2, -0.15) is 0 Å². The number of morpholine rings is 1. The van der Waals surface area contributed by atoms with Crippen LogP contribution in [0.2, 0.25) is 0 Å². The normalized spacial score (nSPS) is 39.9. The summed E-state index contributed by atoms with van der Waals surface area (Å²) in [6, 6.07) is 1.52. The van der Waals surface area contributed by atoms with E-state index in [1.54, 1.807) is 0 Å². The molecule has 2 heteroatoms. The number of hydrogen-bond acceptors (Lipinski definition) is 1. The molecule has 0 amide bonds. The summed E-state index contributed by atoms with van der Waals surface area (Å²) in [7, 11) is 0. The third-order valence-corrected chi connectivity index (χ3v) is 2.67. The summed E-state index contributed by atoms with van der Waals surface area (Å²) in [5, 5.41) is 0. The fourth-order valence-corrected chi connectivity index (χ4v) is 2.13. The Kier molecular flexibility index (Phi) is 1.46. The van der Waals surface area contributed by atoms with Crippen LogP contribution in [-0.2, 0) is 0 Å². The first-order valence-corrected chi connectivity index (χ1v) is 4.19. The van der Waals surface area contributed by atoms with E-state index < -0.39 is 0 Å². The van der Waals surface area contributed by atoms with Crippen molar-refractivity contribution in [2.45, 2.75) is 38.5 Å². The van der Waals surface area contributed by atoms with Gasteiger partial charge in [0, 0.05) is 12.5 Å². The molecule has 2 rings (SSSR count). The van der Waals surface area contributed by atoms with Crippen LogP contribution >= 0.6 is 0 Å². The maximum atomic E-state index is 4.49. The predicted octanol–water partition coefficient (Wildman–Crippen LogP) is 0.379. The molecule has 2 aliphatic heterocycles. The van der Waals surface area contributed by atoms with E-state index in [4.69, 9.17) is 0 Å². The molecule has 0 radical (unpaired) electrons.